The van der Waals surface area contributed by atoms with Gasteiger partial charge in [0, 0.05) is 28.8 Å². The molecule has 0 amide bonds. The van der Waals surface area contributed by atoms with E-state index in [1.165, 1.54) is 0 Å². The second kappa shape index (κ2) is 6.15. The lowest BCUT2D eigenvalue weighted by Gasteiger charge is -2.18. The van der Waals surface area contributed by atoms with E-state index in [1.807, 2.05) is 25.3 Å². The van der Waals surface area contributed by atoms with Gasteiger partial charge in [0.15, 0.2) is 0 Å². The minimum atomic E-state index is 0.445. The number of rotatable bonds is 4. The van der Waals surface area contributed by atoms with Gasteiger partial charge in [-0.2, -0.15) is 0 Å². The number of fused-ring (bicyclic) bond motifs is 1. The van der Waals surface area contributed by atoms with Crippen LogP contribution in [-0.2, 0) is 0 Å². The van der Waals surface area contributed by atoms with Gasteiger partial charge in [-0.15, -0.1) is 0 Å². The topological polar surface area (TPSA) is 57.1 Å². The number of hydrogen-bond donors (Lipinski definition) is 0. The molecule has 1 fully saturated rings. The van der Waals surface area contributed by atoms with E-state index in [-0.39, 0.29) is 0 Å². The molecule has 0 N–H and O–H groups in total. The van der Waals surface area contributed by atoms with Gasteiger partial charge < -0.3 is 9.47 Å². The van der Waals surface area contributed by atoms with Crippen LogP contribution < -0.4 is 9.47 Å². The molecule has 2 heterocycles. The van der Waals surface area contributed by atoms with Crippen LogP contribution in [0.1, 0.15) is 30.1 Å². The van der Waals surface area contributed by atoms with Crippen molar-refractivity contribution < 1.29 is 9.47 Å². The van der Waals surface area contributed by atoms with Crippen molar-refractivity contribution in [3.8, 4) is 22.8 Å². The third-order valence-electron chi connectivity index (χ3n) is 4.50. The summed E-state index contributed by atoms with van der Waals surface area (Å²) in [5, 5.41) is 1.49. The normalized spacial score (nSPS) is 13.9. The SMILES string of the molecule is COc1cc(OC)c(C2CC2)c(-c2cc3cnc(C)nc3cn2)c1Cl. The third kappa shape index (κ3) is 2.78. The highest BCUT2D eigenvalue weighted by atomic mass is 35.5. The van der Waals surface area contributed by atoms with Gasteiger partial charge in [-0.3, -0.25) is 4.98 Å². The second-order valence-corrected chi connectivity index (χ2v) is 6.58. The average Bonchev–Trinajstić information content (AvgIpc) is 3.45. The lowest BCUT2D eigenvalue weighted by atomic mass is 9.97. The summed E-state index contributed by atoms with van der Waals surface area (Å²) in [5.74, 6) is 2.54. The van der Waals surface area contributed by atoms with Crippen molar-refractivity contribution in [2.45, 2.75) is 25.7 Å². The molecule has 1 aromatic carbocycles. The number of aromatic nitrogens is 3. The van der Waals surface area contributed by atoms with Gasteiger partial charge in [0.25, 0.3) is 0 Å². The molecule has 0 spiro atoms. The summed E-state index contributed by atoms with van der Waals surface area (Å²) in [7, 11) is 3.27. The van der Waals surface area contributed by atoms with Crippen molar-refractivity contribution in [2.24, 2.45) is 0 Å². The maximum Gasteiger partial charge on any atom is 0.141 e. The fourth-order valence-corrected chi connectivity index (χ4v) is 3.46. The van der Waals surface area contributed by atoms with Crippen molar-refractivity contribution in [1.29, 1.82) is 0 Å². The summed E-state index contributed by atoms with van der Waals surface area (Å²) in [6.07, 6.45) is 5.83. The van der Waals surface area contributed by atoms with Crippen molar-refractivity contribution in [3.05, 3.63) is 40.9 Å². The van der Waals surface area contributed by atoms with Gasteiger partial charge >= 0.3 is 0 Å². The molecule has 0 atom stereocenters. The molecule has 5 nitrogen and oxygen atoms in total. The van der Waals surface area contributed by atoms with Crippen molar-refractivity contribution in [1.82, 2.24) is 15.0 Å². The van der Waals surface area contributed by atoms with E-state index in [4.69, 9.17) is 21.1 Å². The summed E-state index contributed by atoms with van der Waals surface area (Å²) in [6, 6.07) is 3.83. The number of pyridine rings is 1. The number of nitrogens with zero attached hydrogens (tertiary/aromatic N) is 3. The molecule has 1 aliphatic carbocycles. The van der Waals surface area contributed by atoms with Crippen molar-refractivity contribution >= 4 is 22.5 Å². The van der Waals surface area contributed by atoms with Crippen LogP contribution in [0.15, 0.2) is 24.5 Å². The Kier molecular flexibility index (Phi) is 3.96. The summed E-state index contributed by atoms with van der Waals surface area (Å²) in [6.45, 7) is 1.86. The molecule has 0 saturated heterocycles. The standard InChI is InChI=1S/C19H18ClN3O2/c1-10-21-8-12-6-13(22-9-14(12)23-10)18-17(11-4-5-11)15(24-2)7-16(25-3)19(18)20/h6-9,11H,4-5H2,1-3H3. The van der Waals surface area contributed by atoms with Gasteiger partial charge in [-0.05, 0) is 31.7 Å². The molecular weight excluding hydrogens is 338 g/mol. The van der Waals surface area contributed by atoms with E-state index in [0.717, 1.165) is 52.1 Å². The van der Waals surface area contributed by atoms with Gasteiger partial charge in [-0.1, -0.05) is 11.6 Å². The molecule has 0 radical (unpaired) electrons. The summed E-state index contributed by atoms with van der Waals surface area (Å²) < 4.78 is 11.1. The maximum absolute atomic E-state index is 6.67. The average molecular weight is 356 g/mol. The fraction of sp³-hybridized carbons (Fsp3) is 0.316. The molecule has 4 rings (SSSR count). The van der Waals surface area contributed by atoms with Crippen LogP contribution in [0.2, 0.25) is 5.02 Å². The zero-order chi connectivity index (χ0) is 17.6. The third-order valence-corrected chi connectivity index (χ3v) is 4.88. The first-order valence-electron chi connectivity index (χ1n) is 8.16. The van der Waals surface area contributed by atoms with Crippen LogP contribution in [0.25, 0.3) is 22.2 Å². The van der Waals surface area contributed by atoms with E-state index >= 15 is 0 Å². The van der Waals surface area contributed by atoms with Gasteiger partial charge in [0.1, 0.15) is 17.3 Å². The highest BCUT2D eigenvalue weighted by Crippen LogP contribution is 2.53. The molecular formula is C19H18ClN3O2. The summed E-state index contributed by atoms with van der Waals surface area (Å²) >= 11 is 6.67. The van der Waals surface area contributed by atoms with Crippen LogP contribution in [0.5, 0.6) is 11.5 Å². The number of ether oxygens (including phenoxy) is 2. The Balaban J connectivity index is 1.99. The van der Waals surface area contributed by atoms with Crippen molar-refractivity contribution in [3.63, 3.8) is 0 Å². The van der Waals surface area contributed by atoms with Crippen LogP contribution in [0.3, 0.4) is 0 Å². The zero-order valence-corrected chi connectivity index (χ0v) is 15.1. The van der Waals surface area contributed by atoms with Crippen LogP contribution in [0.4, 0.5) is 0 Å². The molecule has 2 aromatic heterocycles. The fourth-order valence-electron chi connectivity index (χ4n) is 3.13. The Morgan fingerprint density at radius 1 is 1.04 bits per heavy atom. The molecule has 1 aliphatic rings. The molecule has 25 heavy (non-hydrogen) atoms. The molecule has 0 bridgehead atoms. The first kappa shape index (κ1) is 16.1. The van der Waals surface area contributed by atoms with Crippen LogP contribution in [-0.4, -0.2) is 29.2 Å². The number of hydrogen-bond acceptors (Lipinski definition) is 5. The Morgan fingerprint density at radius 3 is 2.48 bits per heavy atom. The van der Waals surface area contributed by atoms with E-state index in [2.05, 4.69) is 15.0 Å². The lowest BCUT2D eigenvalue weighted by Crippen LogP contribution is -1.99. The number of methoxy groups -OCH3 is 2. The number of halogens is 1. The maximum atomic E-state index is 6.67. The second-order valence-electron chi connectivity index (χ2n) is 6.20. The van der Waals surface area contributed by atoms with E-state index in [1.54, 1.807) is 20.4 Å². The molecule has 1 saturated carbocycles. The number of benzene rings is 1. The smallest absolute Gasteiger partial charge is 0.141 e. The molecule has 0 aliphatic heterocycles. The monoisotopic (exact) mass is 355 g/mol. The first-order valence-corrected chi connectivity index (χ1v) is 8.54. The zero-order valence-electron chi connectivity index (χ0n) is 14.3. The minimum Gasteiger partial charge on any atom is -0.496 e. The molecule has 3 aromatic rings. The van der Waals surface area contributed by atoms with Gasteiger partial charge in [0.05, 0.1) is 36.6 Å². The largest absolute Gasteiger partial charge is 0.496 e. The summed E-state index contributed by atoms with van der Waals surface area (Å²) in [5.41, 5.74) is 3.58. The van der Waals surface area contributed by atoms with Crippen LogP contribution >= 0.6 is 11.6 Å². The molecule has 0 unspecified atom stereocenters. The van der Waals surface area contributed by atoms with Gasteiger partial charge in [0.2, 0.25) is 0 Å². The number of aryl methyl sites for hydroxylation is 1. The first-order chi connectivity index (χ1) is 12.1. The van der Waals surface area contributed by atoms with E-state index in [0.29, 0.717) is 16.7 Å². The van der Waals surface area contributed by atoms with Gasteiger partial charge in [-0.25, -0.2) is 9.97 Å². The Bertz CT molecular complexity index is 971. The highest BCUT2D eigenvalue weighted by Gasteiger charge is 2.33. The quantitative estimate of drug-likeness (QED) is 0.687. The Hall–Kier alpha value is -2.40. The van der Waals surface area contributed by atoms with E-state index < -0.39 is 0 Å². The van der Waals surface area contributed by atoms with Crippen molar-refractivity contribution in [2.75, 3.05) is 14.2 Å². The molecule has 6 heteroatoms. The highest BCUT2D eigenvalue weighted by molar-refractivity contribution is 6.35. The minimum absolute atomic E-state index is 0.445. The Labute approximate surface area is 151 Å². The predicted octanol–water partition coefficient (Wildman–Crippen LogP) is 4.55. The Morgan fingerprint density at radius 2 is 1.80 bits per heavy atom. The summed E-state index contributed by atoms with van der Waals surface area (Å²) in [4.78, 5) is 13.3. The predicted molar refractivity (Wildman–Crippen MR) is 97.6 cm³/mol. The molecule has 128 valence electrons. The van der Waals surface area contributed by atoms with E-state index in [9.17, 15) is 0 Å². The van der Waals surface area contributed by atoms with Crippen LogP contribution in [0, 0.1) is 6.92 Å². The lowest BCUT2D eigenvalue weighted by molar-refractivity contribution is 0.391.